The Labute approximate surface area is 85.0 Å². The highest BCUT2D eigenvalue weighted by Gasteiger charge is 1.93. The molecule has 0 fully saturated rings. The summed E-state index contributed by atoms with van der Waals surface area (Å²) in [6.45, 7) is 0.995. The van der Waals surface area contributed by atoms with Crippen molar-refractivity contribution in [2.75, 3.05) is 19.0 Å². The Morgan fingerprint density at radius 3 is 2.86 bits per heavy atom. The average molecular weight is 191 g/mol. The van der Waals surface area contributed by atoms with E-state index in [9.17, 15) is 0 Å². The third kappa shape index (κ3) is 3.20. The highest BCUT2D eigenvalue weighted by atomic mass is 15.2. The Balaban J connectivity index is 2.61. The zero-order valence-corrected chi connectivity index (χ0v) is 8.46. The van der Waals surface area contributed by atoms with E-state index in [2.05, 4.69) is 22.9 Å². The number of para-hydroxylation sites is 1. The number of benzene rings is 1. The van der Waals surface area contributed by atoms with Gasteiger partial charge in [-0.1, -0.05) is 30.4 Å². The highest BCUT2D eigenvalue weighted by Crippen LogP contribution is 2.14. The normalized spacial score (nSPS) is 10.7. The maximum Gasteiger partial charge on any atom is 0.0557 e. The van der Waals surface area contributed by atoms with Crippen LogP contribution in [-0.2, 0) is 0 Å². The molecule has 76 valence electrons. The monoisotopic (exact) mass is 191 g/mol. The molecule has 0 saturated heterocycles. The zero-order chi connectivity index (χ0) is 10.2. The van der Waals surface area contributed by atoms with Crippen molar-refractivity contribution >= 4 is 11.8 Å². The Hall–Kier alpha value is -1.32. The van der Waals surface area contributed by atoms with Crippen molar-refractivity contribution in [1.29, 1.82) is 0 Å². The molecule has 0 aliphatic rings. The fourth-order valence-corrected chi connectivity index (χ4v) is 1.21. The zero-order valence-electron chi connectivity index (χ0n) is 8.46. The van der Waals surface area contributed by atoms with Crippen LogP contribution in [-0.4, -0.2) is 13.6 Å². The molecule has 0 aliphatic heterocycles. The van der Waals surface area contributed by atoms with Crippen molar-refractivity contribution in [2.45, 2.75) is 6.42 Å². The summed E-state index contributed by atoms with van der Waals surface area (Å²) in [4.78, 5) is 0. The van der Waals surface area contributed by atoms with Gasteiger partial charge in [0.25, 0.3) is 0 Å². The van der Waals surface area contributed by atoms with Crippen LogP contribution in [0.2, 0.25) is 0 Å². The van der Waals surface area contributed by atoms with Crippen molar-refractivity contribution < 1.29 is 0 Å². The minimum atomic E-state index is 0.952. The fraction of sp³-hybridized carbons (Fsp3) is 0.273. The Kier molecular flexibility index (Phi) is 4.75. The largest absolute Gasteiger partial charge is 0.324 e. The molecular weight excluding hydrogens is 174 g/mol. The second kappa shape index (κ2) is 6.18. The molecule has 1 rings (SSSR count). The van der Waals surface area contributed by atoms with Crippen LogP contribution in [0.4, 0.5) is 5.69 Å². The third-order valence-electron chi connectivity index (χ3n) is 1.97. The van der Waals surface area contributed by atoms with E-state index in [1.807, 2.05) is 31.3 Å². The predicted molar refractivity (Wildman–Crippen MR) is 61.8 cm³/mol. The first-order valence-electron chi connectivity index (χ1n) is 4.75. The molecule has 1 aromatic rings. The Morgan fingerprint density at radius 2 is 2.14 bits per heavy atom. The van der Waals surface area contributed by atoms with E-state index in [0.717, 1.165) is 24.2 Å². The van der Waals surface area contributed by atoms with Crippen LogP contribution in [0.3, 0.4) is 0 Å². The van der Waals surface area contributed by atoms with Gasteiger partial charge in [-0.15, -0.1) is 0 Å². The third-order valence-corrected chi connectivity index (χ3v) is 1.97. The molecule has 4 N–H and O–H groups in total. The van der Waals surface area contributed by atoms with Crippen LogP contribution in [0.25, 0.3) is 6.08 Å². The summed E-state index contributed by atoms with van der Waals surface area (Å²) in [6, 6.07) is 7.95. The molecule has 14 heavy (non-hydrogen) atoms. The summed E-state index contributed by atoms with van der Waals surface area (Å²) < 4.78 is 0. The van der Waals surface area contributed by atoms with Crippen LogP contribution in [0.15, 0.2) is 30.3 Å². The standard InChI is InChI=1S/C11H17N3/c1-13-9-5-4-7-10-6-2-3-8-11(10)14-12/h2-4,6-8,13-14H,5,9,12H2,1H3. The number of nitrogens with two attached hydrogens (primary N) is 1. The summed E-state index contributed by atoms with van der Waals surface area (Å²) in [5.41, 5.74) is 4.74. The molecule has 1 aromatic carbocycles. The molecular formula is C11H17N3. The molecule has 0 spiro atoms. The lowest BCUT2D eigenvalue weighted by molar-refractivity contribution is 0.809. The molecule has 0 amide bonds. The van der Waals surface area contributed by atoms with Crippen LogP contribution in [0.1, 0.15) is 12.0 Å². The second-order valence-corrected chi connectivity index (χ2v) is 3.03. The quantitative estimate of drug-likeness (QED) is 0.376. The molecule has 0 aromatic heterocycles. The van der Waals surface area contributed by atoms with Crippen molar-refractivity contribution in [1.82, 2.24) is 5.32 Å². The number of nitrogens with one attached hydrogen (secondary N) is 2. The number of hydrogen-bond acceptors (Lipinski definition) is 3. The summed E-state index contributed by atoms with van der Waals surface area (Å²) in [6.07, 6.45) is 5.23. The van der Waals surface area contributed by atoms with Gasteiger partial charge in [-0.05, 0) is 31.6 Å². The highest BCUT2D eigenvalue weighted by molar-refractivity contribution is 5.65. The maximum absolute atomic E-state index is 5.38. The van der Waals surface area contributed by atoms with E-state index in [4.69, 9.17) is 5.84 Å². The van der Waals surface area contributed by atoms with E-state index in [1.165, 1.54) is 0 Å². The van der Waals surface area contributed by atoms with Gasteiger partial charge in [-0.25, -0.2) is 0 Å². The summed E-state index contributed by atoms with van der Waals surface area (Å²) in [5, 5.41) is 3.09. The first-order valence-corrected chi connectivity index (χ1v) is 4.75. The molecule has 0 saturated carbocycles. The van der Waals surface area contributed by atoms with Crippen LogP contribution >= 0.6 is 0 Å². The van der Waals surface area contributed by atoms with Gasteiger partial charge in [-0.3, -0.25) is 5.84 Å². The molecule has 0 aliphatic carbocycles. The van der Waals surface area contributed by atoms with Crippen LogP contribution in [0, 0.1) is 0 Å². The van der Waals surface area contributed by atoms with Crippen molar-refractivity contribution in [3.8, 4) is 0 Å². The van der Waals surface area contributed by atoms with Crippen molar-refractivity contribution in [2.24, 2.45) is 5.84 Å². The van der Waals surface area contributed by atoms with Crippen molar-refractivity contribution in [3.05, 3.63) is 35.9 Å². The maximum atomic E-state index is 5.38. The van der Waals surface area contributed by atoms with E-state index in [-0.39, 0.29) is 0 Å². The van der Waals surface area contributed by atoms with Gasteiger partial charge >= 0.3 is 0 Å². The lowest BCUT2D eigenvalue weighted by Gasteiger charge is -2.03. The lowest BCUT2D eigenvalue weighted by Crippen LogP contribution is -2.08. The van der Waals surface area contributed by atoms with Crippen LogP contribution < -0.4 is 16.6 Å². The molecule has 0 heterocycles. The molecule has 0 unspecified atom stereocenters. The van der Waals surface area contributed by atoms with Gasteiger partial charge in [0.1, 0.15) is 0 Å². The topological polar surface area (TPSA) is 50.1 Å². The molecule has 0 radical (unpaired) electrons. The summed E-state index contributed by atoms with van der Waals surface area (Å²) >= 11 is 0. The smallest absolute Gasteiger partial charge is 0.0557 e. The predicted octanol–water partition coefficient (Wildman–Crippen LogP) is 1.59. The molecule has 3 heteroatoms. The second-order valence-electron chi connectivity index (χ2n) is 3.03. The number of nitrogen functional groups attached to an aromatic ring is 1. The van der Waals surface area contributed by atoms with Gasteiger partial charge in [0.2, 0.25) is 0 Å². The summed E-state index contributed by atoms with van der Waals surface area (Å²) in [7, 11) is 1.95. The molecule has 3 nitrogen and oxygen atoms in total. The number of hydrogen-bond donors (Lipinski definition) is 3. The van der Waals surface area contributed by atoms with Gasteiger partial charge in [0.15, 0.2) is 0 Å². The van der Waals surface area contributed by atoms with E-state index >= 15 is 0 Å². The Morgan fingerprint density at radius 1 is 1.36 bits per heavy atom. The lowest BCUT2D eigenvalue weighted by atomic mass is 10.1. The van der Waals surface area contributed by atoms with Crippen molar-refractivity contribution in [3.63, 3.8) is 0 Å². The molecule has 0 atom stereocenters. The average Bonchev–Trinajstić information content (AvgIpc) is 2.25. The molecule has 0 bridgehead atoms. The van der Waals surface area contributed by atoms with Gasteiger partial charge in [-0.2, -0.15) is 0 Å². The van der Waals surface area contributed by atoms with Gasteiger partial charge in [0, 0.05) is 0 Å². The minimum absolute atomic E-state index is 0.952. The fourth-order valence-electron chi connectivity index (χ4n) is 1.21. The van der Waals surface area contributed by atoms with Crippen LogP contribution in [0.5, 0.6) is 0 Å². The van der Waals surface area contributed by atoms with E-state index in [0.29, 0.717) is 0 Å². The minimum Gasteiger partial charge on any atom is -0.324 e. The van der Waals surface area contributed by atoms with Gasteiger partial charge in [0.05, 0.1) is 5.69 Å². The summed E-state index contributed by atoms with van der Waals surface area (Å²) in [5.74, 6) is 5.38. The van der Waals surface area contributed by atoms with Gasteiger partial charge < -0.3 is 10.7 Å². The van der Waals surface area contributed by atoms with E-state index in [1.54, 1.807) is 0 Å². The number of rotatable bonds is 5. The SMILES string of the molecule is CNCCC=Cc1ccccc1NN. The number of hydrazine groups is 1. The first-order chi connectivity index (χ1) is 6.88. The van der Waals surface area contributed by atoms with E-state index < -0.39 is 0 Å². The number of anilines is 1. The Bertz CT molecular complexity index is 294. The first kappa shape index (κ1) is 10.8.